The minimum absolute atomic E-state index is 0.0462. The van der Waals surface area contributed by atoms with Gasteiger partial charge in [0.1, 0.15) is 0 Å². The van der Waals surface area contributed by atoms with E-state index in [-0.39, 0.29) is 19.0 Å². The lowest BCUT2D eigenvalue weighted by Gasteiger charge is -2.17. The number of carbonyl (C=O) groups excluding carboxylic acids is 1. The van der Waals surface area contributed by atoms with Gasteiger partial charge in [0.2, 0.25) is 0 Å². The zero-order valence-electron chi connectivity index (χ0n) is 11.3. The fourth-order valence-corrected chi connectivity index (χ4v) is 1.75. The van der Waals surface area contributed by atoms with Crippen LogP contribution >= 0.6 is 0 Å². The van der Waals surface area contributed by atoms with Crippen molar-refractivity contribution < 1.29 is 14.7 Å². The third-order valence-corrected chi connectivity index (χ3v) is 2.94. The predicted octanol–water partition coefficient (Wildman–Crippen LogP) is 1.87. The van der Waals surface area contributed by atoms with Crippen molar-refractivity contribution in [1.29, 1.82) is 0 Å². The molecule has 1 aromatic carbocycles. The summed E-state index contributed by atoms with van der Waals surface area (Å²) < 4.78 is 0. The molecular formula is C14H20N2O3. The molecule has 2 N–H and O–H groups in total. The summed E-state index contributed by atoms with van der Waals surface area (Å²) in [5.41, 5.74) is 2.29. The number of nitrogens with one attached hydrogen (secondary N) is 1. The first-order valence-corrected chi connectivity index (χ1v) is 6.32. The molecule has 1 rings (SSSR count). The molecule has 0 atom stereocenters. The monoisotopic (exact) mass is 264 g/mol. The van der Waals surface area contributed by atoms with Gasteiger partial charge < -0.3 is 15.3 Å². The molecular weight excluding hydrogens is 244 g/mol. The molecule has 19 heavy (non-hydrogen) atoms. The minimum atomic E-state index is -0.907. The molecule has 0 aliphatic carbocycles. The summed E-state index contributed by atoms with van der Waals surface area (Å²) in [4.78, 5) is 23.6. The van der Waals surface area contributed by atoms with Crippen molar-refractivity contribution >= 4 is 12.0 Å². The first kappa shape index (κ1) is 15.0. The summed E-state index contributed by atoms with van der Waals surface area (Å²) in [7, 11) is 1.59. The zero-order valence-corrected chi connectivity index (χ0v) is 11.3. The summed E-state index contributed by atoms with van der Waals surface area (Å²) in [6.45, 7) is 2.73. The number of rotatable bonds is 6. The average Bonchev–Trinajstić information content (AvgIpc) is 2.42. The fourth-order valence-electron chi connectivity index (χ4n) is 1.75. The Morgan fingerprint density at radius 3 is 2.47 bits per heavy atom. The number of carboxylic acid groups (broad SMARTS) is 1. The van der Waals surface area contributed by atoms with Gasteiger partial charge in [-0.1, -0.05) is 31.2 Å². The molecule has 0 aliphatic rings. The average molecular weight is 264 g/mol. The summed E-state index contributed by atoms with van der Waals surface area (Å²) >= 11 is 0. The minimum Gasteiger partial charge on any atom is -0.481 e. The molecule has 5 heteroatoms. The van der Waals surface area contributed by atoms with Gasteiger partial charge in [-0.3, -0.25) is 4.79 Å². The summed E-state index contributed by atoms with van der Waals surface area (Å²) in [5.74, 6) is -0.907. The van der Waals surface area contributed by atoms with Crippen LogP contribution in [0.25, 0.3) is 0 Å². The molecule has 0 heterocycles. The molecule has 0 bridgehead atoms. The number of carbonyl (C=O) groups is 2. The van der Waals surface area contributed by atoms with Crippen LogP contribution in [0.5, 0.6) is 0 Å². The van der Waals surface area contributed by atoms with Crippen molar-refractivity contribution in [3.63, 3.8) is 0 Å². The molecule has 0 saturated carbocycles. The lowest BCUT2D eigenvalue weighted by Crippen LogP contribution is -2.38. The van der Waals surface area contributed by atoms with Crippen LogP contribution in [-0.2, 0) is 17.8 Å². The van der Waals surface area contributed by atoms with Crippen LogP contribution in [0, 0.1) is 0 Å². The largest absolute Gasteiger partial charge is 0.481 e. The SMILES string of the molecule is CCc1ccccc1CNC(=O)N(C)CCC(=O)O. The molecule has 0 fully saturated rings. The Morgan fingerprint density at radius 1 is 1.26 bits per heavy atom. The highest BCUT2D eigenvalue weighted by molar-refractivity contribution is 5.75. The van der Waals surface area contributed by atoms with E-state index in [9.17, 15) is 9.59 Å². The van der Waals surface area contributed by atoms with E-state index in [2.05, 4.69) is 12.2 Å². The zero-order chi connectivity index (χ0) is 14.3. The highest BCUT2D eigenvalue weighted by Gasteiger charge is 2.10. The smallest absolute Gasteiger partial charge is 0.317 e. The van der Waals surface area contributed by atoms with Gasteiger partial charge in [0.15, 0.2) is 0 Å². The normalized spacial score (nSPS) is 10.0. The standard InChI is InChI=1S/C14H20N2O3/c1-3-11-6-4-5-7-12(11)10-15-14(19)16(2)9-8-13(17)18/h4-7H,3,8-10H2,1-2H3,(H,15,19)(H,17,18). The number of aliphatic carboxylic acids is 1. The van der Waals surface area contributed by atoms with Crippen LogP contribution < -0.4 is 5.32 Å². The van der Waals surface area contributed by atoms with Crippen LogP contribution in [0.1, 0.15) is 24.5 Å². The van der Waals surface area contributed by atoms with E-state index in [0.717, 1.165) is 12.0 Å². The first-order valence-electron chi connectivity index (χ1n) is 6.32. The van der Waals surface area contributed by atoms with Crippen LogP contribution in [0.15, 0.2) is 24.3 Å². The van der Waals surface area contributed by atoms with E-state index < -0.39 is 5.97 Å². The third-order valence-electron chi connectivity index (χ3n) is 2.94. The quantitative estimate of drug-likeness (QED) is 0.824. The van der Waals surface area contributed by atoms with Gasteiger partial charge in [-0.15, -0.1) is 0 Å². The lowest BCUT2D eigenvalue weighted by atomic mass is 10.1. The molecule has 0 aromatic heterocycles. The molecule has 1 aromatic rings. The van der Waals surface area contributed by atoms with Gasteiger partial charge >= 0.3 is 12.0 Å². The second-order valence-corrected chi connectivity index (χ2v) is 4.35. The highest BCUT2D eigenvalue weighted by Crippen LogP contribution is 2.09. The maximum Gasteiger partial charge on any atom is 0.317 e. The van der Waals surface area contributed by atoms with E-state index in [1.54, 1.807) is 7.05 Å². The number of urea groups is 1. The Morgan fingerprint density at radius 2 is 1.89 bits per heavy atom. The van der Waals surface area contributed by atoms with Crippen molar-refractivity contribution in [2.24, 2.45) is 0 Å². The predicted molar refractivity (Wildman–Crippen MR) is 72.9 cm³/mol. The lowest BCUT2D eigenvalue weighted by molar-refractivity contribution is -0.137. The highest BCUT2D eigenvalue weighted by atomic mass is 16.4. The van der Waals surface area contributed by atoms with Crippen LogP contribution in [0.2, 0.25) is 0 Å². The van der Waals surface area contributed by atoms with Gasteiger partial charge in [-0.25, -0.2) is 4.79 Å². The third kappa shape index (κ3) is 4.99. The number of nitrogens with zero attached hydrogens (tertiary/aromatic N) is 1. The van der Waals surface area contributed by atoms with E-state index in [1.807, 2.05) is 24.3 Å². The van der Waals surface area contributed by atoms with Gasteiger partial charge in [0, 0.05) is 20.1 Å². The Hall–Kier alpha value is -2.04. The van der Waals surface area contributed by atoms with Crippen molar-refractivity contribution in [3.05, 3.63) is 35.4 Å². The number of amides is 2. The maximum absolute atomic E-state index is 11.8. The number of carboxylic acids is 1. The molecule has 0 unspecified atom stereocenters. The van der Waals surface area contributed by atoms with Gasteiger partial charge in [0.25, 0.3) is 0 Å². The molecule has 0 saturated heterocycles. The van der Waals surface area contributed by atoms with Crippen molar-refractivity contribution in [2.45, 2.75) is 26.3 Å². The van der Waals surface area contributed by atoms with Crippen LogP contribution in [0.4, 0.5) is 4.79 Å². The number of hydrogen-bond acceptors (Lipinski definition) is 2. The van der Waals surface area contributed by atoms with Crippen LogP contribution in [0.3, 0.4) is 0 Å². The number of hydrogen-bond donors (Lipinski definition) is 2. The van der Waals surface area contributed by atoms with Crippen molar-refractivity contribution in [2.75, 3.05) is 13.6 Å². The topological polar surface area (TPSA) is 69.6 Å². The Balaban J connectivity index is 2.47. The second kappa shape index (κ2) is 7.41. The van der Waals surface area contributed by atoms with Crippen molar-refractivity contribution in [1.82, 2.24) is 10.2 Å². The van der Waals surface area contributed by atoms with E-state index in [4.69, 9.17) is 5.11 Å². The molecule has 2 amide bonds. The maximum atomic E-state index is 11.8. The summed E-state index contributed by atoms with van der Waals surface area (Å²) in [6.07, 6.45) is 0.871. The Kier molecular flexibility index (Phi) is 5.85. The molecule has 104 valence electrons. The number of benzene rings is 1. The second-order valence-electron chi connectivity index (χ2n) is 4.35. The van der Waals surface area contributed by atoms with E-state index in [0.29, 0.717) is 6.54 Å². The van der Waals surface area contributed by atoms with Crippen LogP contribution in [-0.4, -0.2) is 35.6 Å². The van der Waals surface area contributed by atoms with Crippen molar-refractivity contribution in [3.8, 4) is 0 Å². The summed E-state index contributed by atoms with van der Waals surface area (Å²) in [5, 5.41) is 11.4. The Bertz CT molecular complexity index is 446. The van der Waals surface area contributed by atoms with E-state index >= 15 is 0 Å². The molecule has 0 spiro atoms. The molecule has 0 aliphatic heterocycles. The Labute approximate surface area is 113 Å². The van der Waals surface area contributed by atoms with Gasteiger partial charge in [-0.05, 0) is 17.5 Å². The number of aryl methyl sites for hydroxylation is 1. The van der Waals surface area contributed by atoms with Gasteiger partial charge in [-0.2, -0.15) is 0 Å². The fraction of sp³-hybridized carbons (Fsp3) is 0.429. The van der Waals surface area contributed by atoms with E-state index in [1.165, 1.54) is 10.5 Å². The summed E-state index contributed by atoms with van der Waals surface area (Å²) in [6, 6.07) is 7.68. The first-order chi connectivity index (χ1) is 9.04. The molecule has 0 radical (unpaired) electrons. The van der Waals surface area contributed by atoms with Gasteiger partial charge in [0.05, 0.1) is 6.42 Å². The molecule has 5 nitrogen and oxygen atoms in total.